The van der Waals surface area contributed by atoms with Crippen LogP contribution in [0.4, 0.5) is 0 Å². The van der Waals surface area contributed by atoms with E-state index in [-0.39, 0.29) is 0 Å². The SMILES string of the molecule is CCCCCCCCCCC(O)c1ccco1. The quantitative estimate of drug-likeness (QED) is 0.591. The first-order valence-electron chi connectivity index (χ1n) is 7.06. The molecule has 17 heavy (non-hydrogen) atoms. The number of rotatable bonds is 10. The van der Waals surface area contributed by atoms with E-state index in [9.17, 15) is 5.11 Å². The van der Waals surface area contributed by atoms with Crippen molar-refractivity contribution >= 4 is 0 Å². The van der Waals surface area contributed by atoms with Crippen molar-refractivity contribution in [2.75, 3.05) is 0 Å². The number of aliphatic hydroxyl groups is 1. The summed E-state index contributed by atoms with van der Waals surface area (Å²) in [6, 6.07) is 3.67. The van der Waals surface area contributed by atoms with E-state index in [1.807, 2.05) is 12.1 Å². The van der Waals surface area contributed by atoms with Crippen LogP contribution in [0, 0.1) is 0 Å². The highest BCUT2D eigenvalue weighted by molar-refractivity contribution is 5.01. The van der Waals surface area contributed by atoms with Crippen LogP contribution >= 0.6 is 0 Å². The van der Waals surface area contributed by atoms with Gasteiger partial charge in [-0.25, -0.2) is 0 Å². The van der Waals surface area contributed by atoms with E-state index >= 15 is 0 Å². The lowest BCUT2D eigenvalue weighted by Crippen LogP contribution is -1.95. The Hall–Kier alpha value is -0.760. The van der Waals surface area contributed by atoms with Gasteiger partial charge in [-0.2, -0.15) is 0 Å². The summed E-state index contributed by atoms with van der Waals surface area (Å²) in [7, 11) is 0. The van der Waals surface area contributed by atoms with Crippen molar-refractivity contribution in [1.29, 1.82) is 0 Å². The molecule has 1 atom stereocenters. The van der Waals surface area contributed by atoms with Crippen LogP contribution in [0.1, 0.15) is 76.6 Å². The molecule has 1 aromatic heterocycles. The van der Waals surface area contributed by atoms with E-state index in [0.29, 0.717) is 5.76 Å². The molecule has 0 bridgehead atoms. The maximum absolute atomic E-state index is 9.79. The number of hydrogen-bond acceptors (Lipinski definition) is 2. The highest BCUT2D eigenvalue weighted by atomic mass is 16.4. The molecule has 1 unspecified atom stereocenters. The number of furan rings is 1. The van der Waals surface area contributed by atoms with Gasteiger partial charge in [-0.05, 0) is 18.6 Å². The molecule has 0 saturated heterocycles. The summed E-state index contributed by atoms with van der Waals surface area (Å²) < 4.78 is 5.17. The summed E-state index contributed by atoms with van der Waals surface area (Å²) in [5.41, 5.74) is 0. The van der Waals surface area contributed by atoms with Gasteiger partial charge in [0, 0.05) is 0 Å². The summed E-state index contributed by atoms with van der Waals surface area (Å²) >= 11 is 0. The molecule has 0 saturated carbocycles. The lowest BCUT2D eigenvalue weighted by Gasteiger charge is -2.07. The Balaban J connectivity index is 1.90. The second-order valence-corrected chi connectivity index (χ2v) is 4.79. The summed E-state index contributed by atoms with van der Waals surface area (Å²) in [5, 5.41) is 9.79. The van der Waals surface area contributed by atoms with Crippen molar-refractivity contribution in [3.63, 3.8) is 0 Å². The van der Waals surface area contributed by atoms with E-state index in [0.717, 1.165) is 12.8 Å². The van der Waals surface area contributed by atoms with Crippen molar-refractivity contribution in [2.24, 2.45) is 0 Å². The van der Waals surface area contributed by atoms with Gasteiger partial charge in [0.15, 0.2) is 0 Å². The van der Waals surface area contributed by atoms with Crippen LogP contribution < -0.4 is 0 Å². The third-order valence-corrected chi connectivity index (χ3v) is 3.20. The van der Waals surface area contributed by atoms with E-state index in [4.69, 9.17) is 4.42 Å². The van der Waals surface area contributed by atoms with Crippen LogP contribution in [0.15, 0.2) is 22.8 Å². The minimum atomic E-state index is -0.412. The number of unbranched alkanes of at least 4 members (excludes halogenated alkanes) is 7. The van der Waals surface area contributed by atoms with E-state index in [2.05, 4.69) is 6.92 Å². The second kappa shape index (κ2) is 9.29. The Bertz CT molecular complexity index is 254. The molecule has 1 N–H and O–H groups in total. The molecule has 1 aromatic rings. The summed E-state index contributed by atoms with van der Waals surface area (Å²) in [6.07, 6.45) is 12.4. The maximum Gasteiger partial charge on any atom is 0.132 e. The van der Waals surface area contributed by atoms with Crippen LogP contribution in [0.25, 0.3) is 0 Å². The first-order chi connectivity index (χ1) is 8.34. The van der Waals surface area contributed by atoms with Gasteiger partial charge in [0.2, 0.25) is 0 Å². The van der Waals surface area contributed by atoms with Crippen molar-refractivity contribution in [3.05, 3.63) is 24.2 Å². The molecule has 0 aliphatic heterocycles. The zero-order valence-corrected chi connectivity index (χ0v) is 11.0. The smallest absolute Gasteiger partial charge is 0.132 e. The van der Waals surface area contributed by atoms with Crippen molar-refractivity contribution in [1.82, 2.24) is 0 Å². The highest BCUT2D eigenvalue weighted by Crippen LogP contribution is 2.20. The fraction of sp³-hybridized carbons (Fsp3) is 0.733. The van der Waals surface area contributed by atoms with E-state index < -0.39 is 6.10 Å². The first-order valence-corrected chi connectivity index (χ1v) is 7.06. The minimum Gasteiger partial charge on any atom is -0.467 e. The summed E-state index contributed by atoms with van der Waals surface area (Å²) in [4.78, 5) is 0. The molecule has 2 heteroatoms. The molecule has 0 aromatic carbocycles. The Morgan fingerprint density at radius 1 is 1.06 bits per heavy atom. The van der Waals surface area contributed by atoms with Crippen LogP contribution in [0.2, 0.25) is 0 Å². The first kappa shape index (κ1) is 14.3. The van der Waals surface area contributed by atoms with Crippen LogP contribution in [-0.2, 0) is 0 Å². The average Bonchev–Trinajstić information content (AvgIpc) is 2.86. The third-order valence-electron chi connectivity index (χ3n) is 3.20. The zero-order valence-electron chi connectivity index (χ0n) is 11.0. The summed E-state index contributed by atoms with van der Waals surface area (Å²) in [5.74, 6) is 0.702. The normalized spacial score (nSPS) is 12.8. The summed E-state index contributed by atoms with van der Waals surface area (Å²) in [6.45, 7) is 2.25. The fourth-order valence-corrected chi connectivity index (χ4v) is 2.09. The van der Waals surface area contributed by atoms with Crippen molar-refractivity contribution in [2.45, 2.75) is 70.8 Å². The maximum atomic E-state index is 9.79. The molecular formula is C15H26O2. The predicted octanol–water partition coefficient (Wildman–Crippen LogP) is 4.84. The topological polar surface area (TPSA) is 33.4 Å². The molecule has 2 nitrogen and oxygen atoms in total. The lowest BCUT2D eigenvalue weighted by atomic mass is 10.0. The molecular weight excluding hydrogens is 212 g/mol. The number of hydrogen-bond donors (Lipinski definition) is 1. The van der Waals surface area contributed by atoms with Gasteiger partial charge < -0.3 is 9.52 Å². The Morgan fingerprint density at radius 2 is 1.71 bits per heavy atom. The van der Waals surface area contributed by atoms with Gasteiger partial charge in [0.1, 0.15) is 11.9 Å². The largest absolute Gasteiger partial charge is 0.467 e. The standard InChI is InChI=1S/C15H26O2/c1-2-3-4-5-6-7-8-9-11-14(16)15-12-10-13-17-15/h10,12-14,16H,2-9,11H2,1H3. The monoisotopic (exact) mass is 238 g/mol. The Kier molecular flexibility index (Phi) is 7.81. The second-order valence-electron chi connectivity index (χ2n) is 4.79. The zero-order chi connectivity index (χ0) is 12.3. The van der Waals surface area contributed by atoms with Gasteiger partial charge in [-0.15, -0.1) is 0 Å². The van der Waals surface area contributed by atoms with Gasteiger partial charge in [0.05, 0.1) is 6.26 Å². The lowest BCUT2D eigenvalue weighted by molar-refractivity contribution is 0.136. The van der Waals surface area contributed by atoms with Gasteiger partial charge in [-0.3, -0.25) is 0 Å². The van der Waals surface area contributed by atoms with Crippen molar-refractivity contribution in [3.8, 4) is 0 Å². The predicted molar refractivity (Wildman–Crippen MR) is 70.9 cm³/mol. The molecule has 0 radical (unpaired) electrons. The van der Waals surface area contributed by atoms with E-state index in [1.165, 1.54) is 44.9 Å². The van der Waals surface area contributed by atoms with Gasteiger partial charge in [-0.1, -0.05) is 58.3 Å². The number of aliphatic hydroxyl groups excluding tert-OH is 1. The Morgan fingerprint density at radius 3 is 2.29 bits per heavy atom. The molecule has 1 heterocycles. The molecule has 0 amide bonds. The van der Waals surface area contributed by atoms with E-state index in [1.54, 1.807) is 6.26 Å². The van der Waals surface area contributed by atoms with Gasteiger partial charge >= 0.3 is 0 Å². The fourth-order valence-electron chi connectivity index (χ4n) is 2.09. The average molecular weight is 238 g/mol. The molecule has 0 aliphatic rings. The highest BCUT2D eigenvalue weighted by Gasteiger charge is 2.08. The molecule has 0 aliphatic carbocycles. The molecule has 0 spiro atoms. The third kappa shape index (κ3) is 6.52. The van der Waals surface area contributed by atoms with Crippen molar-refractivity contribution < 1.29 is 9.52 Å². The van der Waals surface area contributed by atoms with Crippen LogP contribution in [-0.4, -0.2) is 5.11 Å². The Labute approximate surface area is 105 Å². The molecule has 98 valence electrons. The molecule has 1 rings (SSSR count). The van der Waals surface area contributed by atoms with Crippen LogP contribution in [0.3, 0.4) is 0 Å². The molecule has 0 fully saturated rings. The van der Waals surface area contributed by atoms with Crippen LogP contribution in [0.5, 0.6) is 0 Å². The minimum absolute atomic E-state index is 0.412. The van der Waals surface area contributed by atoms with Gasteiger partial charge in [0.25, 0.3) is 0 Å².